The number of halogens is 1. The number of ketones is 1. The van der Waals surface area contributed by atoms with Crippen LogP contribution < -0.4 is 11.1 Å². The molecule has 4 nitrogen and oxygen atoms in total. The zero-order chi connectivity index (χ0) is 18.0. The summed E-state index contributed by atoms with van der Waals surface area (Å²) in [5, 5.41) is 4.29. The van der Waals surface area contributed by atoms with Gasteiger partial charge in [-0.15, -0.1) is 0 Å². The Morgan fingerprint density at radius 3 is 2.56 bits per heavy atom. The van der Waals surface area contributed by atoms with Crippen LogP contribution in [-0.2, 0) is 0 Å². The lowest BCUT2D eigenvalue weighted by Crippen LogP contribution is -2.02. The van der Waals surface area contributed by atoms with Gasteiger partial charge in [-0.3, -0.25) is 4.79 Å². The number of hydrogen-bond donors (Lipinski definition) is 2. The van der Waals surface area contributed by atoms with Crippen LogP contribution in [0.25, 0.3) is 0 Å². The number of nitrogens with two attached hydrogens (primary N) is 1. The largest absolute Gasteiger partial charge is 0.382 e. The Kier molecular flexibility index (Phi) is 5.06. The van der Waals surface area contributed by atoms with Crippen LogP contribution >= 0.6 is 22.9 Å². The number of hydrogen-bond acceptors (Lipinski definition) is 5. The minimum atomic E-state index is -0.180. The molecule has 1 heterocycles. The zero-order valence-corrected chi connectivity index (χ0v) is 15.5. The highest BCUT2D eigenvalue weighted by molar-refractivity contribution is 7.18. The van der Waals surface area contributed by atoms with Gasteiger partial charge >= 0.3 is 0 Å². The van der Waals surface area contributed by atoms with E-state index in [9.17, 15) is 4.79 Å². The Balaban J connectivity index is 1.81. The van der Waals surface area contributed by atoms with E-state index in [4.69, 9.17) is 17.3 Å². The number of nitrogens with zero attached hydrogens (tertiary/aromatic N) is 1. The highest BCUT2D eigenvalue weighted by atomic mass is 35.5. The number of aromatic nitrogens is 1. The zero-order valence-electron chi connectivity index (χ0n) is 13.9. The van der Waals surface area contributed by atoms with Crippen molar-refractivity contribution in [2.45, 2.75) is 19.8 Å². The van der Waals surface area contributed by atoms with Gasteiger partial charge in [0, 0.05) is 16.3 Å². The van der Waals surface area contributed by atoms with Crippen LogP contribution in [-0.4, -0.2) is 10.8 Å². The molecule has 3 aromatic rings. The third-order valence-electron chi connectivity index (χ3n) is 3.78. The Labute approximate surface area is 155 Å². The maximum absolute atomic E-state index is 12.6. The molecule has 1 aromatic heterocycles. The van der Waals surface area contributed by atoms with E-state index in [1.165, 1.54) is 16.9 Å². The summed E-state index contributed by atoms with van der Waals surface area (Å²) in [4.78, 5) is 17.3. The van der Waals surface area contributed by atoms with Crippen LogP contribution in [0.15, 0.2) is 48.5 Å². The van der Waals surface area contributed by atoms with E-state index in [1.807, 2.05) is 12.1 Å². The summed E-state index contributed by atoms with van der Waals surface area (Å²) in [5.41, 5.74) is 8.60. The second-order valence-electron chi connectivity index (χ2n) is 5.97. The molecule has 0 aliphatic heterocycles. The molecule has 3 rings (SSSR count). The molecule has 0 fully saturated rings. The fourth-order valence-electron chi connectivity index (χ4n) is 2.38. The molecule has 2 aromatic carbocycles. The fraction of sp³-hybridized carbons (Fsp3) is 0.158. The van der Waals surface area contributed by atoms with Crippen LogP contribution in [0.2, 0.25) is 5.02 Å². The van der Waals surface area contributed by atoms with Crippen molar-refractivity contribution in [3.8, 4) is 0 Å². The van der Waals surface area contributed by atoms with Crippen molar-refractivity contribution < 1.29 is 4.79 Å². The van der Waals surface area contributed by atoms with Crippen molar-refractivity contribution in [3.05, 3.63) is 69.6 Å². The number of rotatable bonds is 5. The van der Waals surface area contributed by atoms with E-state index in [2.05, 4.69) is 36.3 Å². The van der Waals surface area contributed by atoms with Gasteiger partial charge in [-0.25, -0.2) is 4.98 Å². The number of carbonyl (C=O) groups excluding carboxylic acids is 1. The van der Waals surface area contributed by atoms with Gasteiger partial charge in [0.1, 0.15) is 10.7 Å². The first kappa shape index (κ1) is 17.5. The van der Waals surface area contributed by atoms with Crippen LogP contribution in [0.4, 0.5) is 16.6 Å². The average Bonchev–Trinajstić information content (AvgIpc) is 2.95. The molecule has 128 valence electrons. The van der Waals surface area contributed by atoms with E-state index < -0.39 is 0 Å². The van der Waals surface area contributed by atoms with Gasteiger partial charge in [0.15, 0.2) is 5.13 Å². The maximum atomic E-state index is 12.6. The highest BCUT2D eigenvalue weighted by Gasteiger charge is 2.18. The summed E-state index contributed by atoms with van der Waals surface area (Å²) in [6.07, 6.45) is 0. The predicted molar refractivity (Wildman–Crippen MR) is 105 cm³/mol. The highest BCUT2D eigenvalue weighted by Crippen LogP contribution is 2.30. The molecule has 0 saturated carbocycles. The Morgan fingerprint density at radius 1 is 1.20 bits per heavy atom. The van der Waals surface area contributed by atoms with Gasteiger partial charge in [0.05, 0.1) is 0 Å². The molecule has 0 aliphatic carbocycles. The standard InChI is InChI=1S/C19H18ClN3OS/c1-11(2)12-6-8-15(9-7-12)22-19-23-18(21)17(25-19)16(24)13-4-3-5-14(20)10-13/h3-11H,21H2,1-2H3,(H,22,23). The predicted octanol–water partition coefficient (Wildman–Crippen LogP) is 5.48. The minimum Gasteiger partial charge on any atom is -0.382 e. The lowest BCUT2D eigenvalue weighted by atomic mass is 10.0. The molecular formula is C19H18ClN3OS. The minimum absolute atomic E-state index is 0.180. The summed E-state index contributed by atoms with van der Waals surface area (Å²) in [6, 6.07) is 14.9. The normalized spacial score (nSPS) is 10.9. The Hall–Kier alpha value is -2.37. The summed E-state index contributed by atoms with van der Waals surface area (Å²) < 4.78 is 0. The summed E-state index contributed by atoms with van der Waals surface area (Å²) in [5.74, 6) is 0.517. The molecular weight excluding hydrogens is 354 g/mol. The monoisotopic (exact) mass is 371 g/mol. The molecule has 0 radical (unpaired) electrons. The van der Waals surface area contributed by atoms with Crippen LogP contribution in [0, 0.1) is 0 Å². The van der Waals surface area contributed by atoms with Crippen LogP contribution in [0.1, 0.15) is 40.6 Å². The van der Waals surface area contributed by atoms with Crippen LogP contribution in [0.3, 0.4) is 0 Å². The average molecular weight is 372 g/mol. The SMILES string of the molecule is CC(C)c1ccc(Nc2nc(N)c(C(=O)c3cccc(Cl)c3)s2)cc1. The van der Waals surface area contributed by atoms with Gasteiger partial charge in [0.25, 0.3) is 0 Å². The molecule has 3 N–H and O–H groups in total. The van der Waals surface area contributed by atoms with Crippen molar-refractivity contribution in [3.63, 3.8) is 0 Å². The van der Waals surface area contributed by atoms with Crippen LogP contribution in [0.5, 0.6) is 0 Å². The second kappa shape index (κ2) is 7.25. The van der Waals surface area contributed by atoms with E-state index in [0.717, 1.165) is 5.69 Å². The van der Waals surface area contributed by atoms with Crippen molar-refractivity contribution in [2.24, 2.45) is 0 Å². The molecule has 0 bridgehead atoms. The Bertz CT molecular complexity index is 903. The number of benzene rings is 2. The summed E-state index contributed by atoms with van der Waals surface area (Å²) in [6.45, 7) is 4.30. The van der Waals surface area contributed by atoms with E-state index in [0.29, 0.717) is 26.5 Å². The molecule has 0 aliphatic rings. The van der Waals surface area contributed by atoms with E-state index in [1.54, 1.807) is 24.3 Å². The molecule has 0 spiro atoms. The van der Waals surface area contributed by atoms with E-state index >= 15 is 0 Å². The van der Waals surface area contributed by atoms with Gasteiger partial charge in [0.2, 0.25) is 5.78 Å². The first-order valence-electron chi connectivity index (χ1n) is 7.87. The number of anilines is 3. The smallest absolute Gasteiger partial charge is 0.206 e. The summed E-state index contributed by atoms with van der Waals surface area (Å²) in [7, 11) is 0. The maximum Gasteiger partial charge on any atom is 0.206 e. The second-order valence-corrected chi connectivity index (χ2v) is 7.41. The number of nitrogens with one attached hydrogen (secondary N) is 1. The molecule has 0 saturated heterocycles. The lowest BCUT2D eigenvalue weighted by Gasteiger charge is -2.07. The molecule has 25 heavy (non-hydrogen) atoms. The molecule has 0 amide bonds. The molecule has 6 heteroatoms. The Morgan fingerprint density at radius 2 is 1.92 bits per heavy atom. The third-order valence-corrected chi connectivity index (χ3v) is 5.00. The van der Waals surface area contributed by atoms with Crippen molar-refractivity contribution in [1.82, 2.24) is 4.98 Å². The topological polar surface area (TPSA) is 68.0 Å². The van der Waals surface area contributed by atoms with Gasteiger partial charge in [-0.05, 0) is 35.7 Å². The summed E-state index contributed by atoms with van der Waals surface area (Å²) >= 11 is 7.19. The molecule has 0 unspecified atom stereocenters. The van der Waals surface area contributed by atoms with Crippen molar-refractivity contribution >= 4 is 45.4 Å². The first-order valence-corrected chi connectivity index (χ1v) is 9.07. The van der Waals surface area contributed by atoms with E-state index in [-0.39, 0.29) is 11.6 Å². The van der Waals surface area contributed by atoms with Gasteiger partial charge < -0.3 is 11.1 Å². The number of thiazole rings is 1. The number of nitrogen functional groups attached to an aromatic ring is 1. The lowest BCUT2D eigenvalue weighted by molar-refractivity contribution is 0.104. The fourth-order valence-corrected chi connectivity index (χ4v) is 3.44. The van der Waals surface area contributed by atoms with Crippen molar-refractivity contribution in [1.29, 1.82) is 0 Å². The van der Waals surface area contributed by atoms with Gasteiger partial charge in [-0.2, -0.15) is 0 Å². The molecule has 0 atom stereocenters. The quantitative estimate of drug-likeness (QED) is 0.583. The van der Waals surface area contributed by atoms with Crippen molar-refractivity contribution in [2.75, 3.05) is 11.1 Å². The van der Waals surface area contributed by atoms with Gasteiger partial charge in [-0.1, -0.05) is 61.1 Å². The third kappa shape index (κ3) is 4.00. The number of carbonyl (C=O) groups is 1. The first-order chi connectivity index (χ1) is 11.9.